The summed E-state index contributed by atoms with van der Waals surface area (Å²) in [5.74, 6) is 0.252. The van der Waals surface area contributed by atoms with Crippen molar-refractivity contribution in [2.45, 2.75) is 75.4 Å². The number of hydrogen-bond donors (Lipinski definition) is 2. The van der Waals surface area contributed by atoms with Crippen molar-refractivity contribution in [3.8, 4) is 5.75 Å². The van der Waals surface area contributed by atoms with E-state index in [0.717, 1.165) is 36.1 Å². The molecule has 2 heterocycles. The van der Waals surface area contributed by atoms with Crippen LogP contribution in [-0.4, -0.2) is 48.6 Å². The van der Waals surface area contributed by atoms with Gasteiger partial charge in [-0.15, -0.1) is 0 Å². The summed E-state index contributed by atoms with van der Waals surface area (Å²) in [6, 6.07) is 11.7. The quantitative estimate of drug-likeness (QED) is 0.353. The van der Waals surface area contributed by atoms with Crippen LogP contribution in [0, 0.1) is 5.92 Å². The maximum Gasteiger partial charge on any atom is 0.339 e. The van der Waals surface area contributed by atoms with Crippen LogP contribution in [0.4, 0.5) is 10.8 Å². The topological polar surface area (TPSA) is 110 Å². The first-order valence-corrected chi connectivity index (χ1v) is 15.0. The summed E-state index contributed by atoms with van der Waals surface area (Å²) in [7, 11) is -2.32. The molecule has 0 unspecified atom stereocenters. The number of nitrogens with one attached hydrogen (secondary N) is 2. The minimum atomic E-state index is -4.03. The van der Waals surface area contributed by atoms with Crippen molar-refractivity contribution in [2.24, 2.45) is 5.92 Å². The number of nitrogens with zero attached hydrogens (tertiary/aromatic N) is 2. The van der Waals surface area contributed by atoms with Crippen molar-refractivity contribution in [2.75, 3.05) is 17.7 Å². The van der Waals surface area contributed by atoms with Gasteiger partial charge in [0, 0.05) is 34.8 Å². The van der Waals surface area contributed by atoms with E-state index >= 15 is 0 Å². The summed E-state index contributed by atoms with van der Waals surface area (Å²) in [6.07, 6.45) is 3.57. The molecular weight excluding hydrogens is 524 g/mol. The molecule has 2 aromatic carbocycles. The van der Waals surface area contributed by atoms with Gasteiger partial charge < -0.3 is 19.7 Å². The smallest absolute Gasteiger partial charge is 0.339 e. The van der Waals surface area contributed by atoms with E-state index < -0.39 is 10.1 Å². The Hall–Kier alpha value is -2.73. The fourth-order valence-electron chi connectivity index (χ4n) is 5.55. The largest absolute Gasteiger partial charge is 0.382 e. The number of piperidine rings is 1. The standard InChI is InChI=1S/C27H34N4O5S2/c1-26(2)15-19(16-27(3,4)31(26)35-5)28-18-8-11-21(12-9-18)38(33,34)36-20-10-13-22-23(14-20)37-25(29-22)30-24(32)17-6-7-17/h8-14,17,19,28H,6-7,15-16H2,1-5H3,(H,29,30,32). The average Bonchev–Trinajstić information content (AvgIpc) is 3.59. The molecule has 1 amide bonds. The zero-order valence-electron chi connectivity index (χ0n) is 22.3. The van der Waals surface area contributed by atoms with Gasteiger partial charge in [0.05, 0.1) is 17.3 Å². The normalized spacial score (nSPS) is 19.8. The maximum absolute atomic E-state index is 13.0. The lowest BCUT2D eigenvalue weighted by Gasteiger charge is -2.53. The van der Waals surface area contributed by atoms with Crippen LogP contribution < -0.4 is 14.8 Å². The molecule has 5 rings (SSSR count). The highest BCUT2D eigenvalue weighted by atomic mass is 32.2. The molecule has 9 nitrogen and oxygen atoms in total. The first kappa shape index (κ1) is 26.9. The second-order valence-electron chi connectivity index (χ2n) is 11.3. The highest BCUT2D eigenvalue weighted by molar-refractivity contribution is 7.87. The number of thiazole rings is 1. The van der Waals surface area contributed by atoms with Crippen LogP contribution >= 0.6 is 11.3 Å². The average molecular weight is 559 g/mol. The van der Waals surface area contributed by atoms with E-state index in [1.54, 1.807) is 49.6 Å². The lowest BCUT2D eigenvalue weighted by Crippen LogP contribution is -2.62. The van der Waals surface area contributed by atoms with Crippen molar-refractivity contribution in [1.82, 2.24) is 10.0 Å². The Morgan fingerprint density at radius 2 is 1.71 bits per heavy atom. The molecular formula is C27H34N4O5S2. The number of fused-ring (bicyclic) bond motifs is 1. The summed E-state index contributed by atoms with van der Waals surface area (Å²) in [5, 5.41) is 8.94. The number of carbonyl (C=O) groups excluding carboxylic acids is 1. The number of anilines is 2. The Labute approximate surface area is 227 Å². The Morgan fingerprint density at radius 1 is 1.05 bits per heavy atom. The first-order chi connectivity index (χ1) is 17.9. The Morgan fingerprint density at radius 3 is 2.32 bits per heavy atom. The Bertz CT molecular complexity index is 1430. The van der Waals surface area contributed by atoms with Gasteiger partial charge in [0.25, 0.3) is 0 Å². The molecule has 2 aliphatic rings. The second kappa shape index (κ2) is 9.78. The third-order valence-corrected chi connectivity index (χ3v) is 9.23. The summed E-state index contributed by atoms with van der Waals surface area (Å²) in [6.45, 7) is 8.64. The number of hydrogen-bond acceptors (Lipinski definition) is 9. The molecule has 1 aliphatic heterocycles. The summed E-state index contributed by atoms with van der Waals surface area (Å²) >= 11 is 1.29. The summed E-state index contributed by atoms with van der Waals surface area (Å²) < 4.78 is 32.1. The lowest BCUT2D eigenvalue weighted by molar-refractivity contribution is -0.265. The SMILES string of the molecule is CON1C(C)(C)CC(Nc2ccc(S(=O)(=O)Oc3ccc4nc(NC(=O)C5CC5)sc4c3)cc2)CC1(C)C. The molecule has 1 saturated carbocycles. The third-order valence-electron chi connectivity index (χ3n) is 7.03. The van der Waals surface area contributed by atoms with Crippen LogP contribution in [0.1, 0.15) is 53.4 Å². The first-order valence-electron chi connectivity index (χ1n) is 12.7. The molecule has 2 N–H and O–H groups in total. The van der Waals surface area contributed by atoms with Crippen LogP contribution in [0.2, 0.25) is 0 Å². The van der Waals surface area contributed by atoms with Gasteiger partial charge in [-0.2, -0.15) is 13.5 Å². The van der Waals surface area contributed by atoms with Crippen molar-refractivity contribution < 1.29 is 22.2 Å². The van der Waals surface area contributed by atoms with E-state index in [-0.39, 0.29) is 39.6 Å². The molecule has 0 spiro atoms. The second-order valence-corrected chi connectivity index (χ2v) is 13.9. The van der Waals surface area contributed by atoms with E-state index in [9.17, 15) is 13.2 Å². The van der Waals surface area contributed by atoms with Crippen molar-refractivity contribution in [3.63, 3.8) is 0 Å². The molecule has 2 fully saturated rings. The van der Waals surface area contributed by atoms with E-state index in [1.807, 2.05) is 0 Å². The lowest BCUT2D eigenvalue weighted by atomic mass is 9.79. The molecule has 1 aliphatic carbocycles. The van der Waals surface area contributed by atoms with Crippen LogP contribution in [0.3, 0.4) is 0 Å². The van der Waals surface area contributed by atoms with Crippen LogP contribution in [-0.2, 0) is 19.8 Å². The van der Waals surface area contributed by atoms with Crippen molar-refractivity contribution >= 4 is 48.4 Å². The summed E-state index contributed by atoms with van der Waals surface area (Å²) in [5.41, 5.74) is 1.20. The van der Waals surface area contributed by atoms with Crippen LogP contribution in [0.15, 0.2) is 47.4 Å². The van der Waals surface area contributed by atoms with Gasteiger partial charge in [0.2, 0.25) is 5.91 Å². The Kier molecular flexibility index (Phi) is 6.91. The number of amides is 1. The van der Waals surface area contributed by atoms with Gasteiger partial charge in [0.1, 0.15) is 10.6 Å². The molecule has 0 atom stereocenters. The monoisotopic (exact) mass is 558 g/mol. The predicted octanol–water partition coefficient (Wildman–Crippen LogP) is 5.41. The molecule has 1 saturated heterocycles. The van der Waals surface area contributed by atoms with Crippen molar-refractivity contribution in [1.29, 1.82) is 0 Å². The molecule has 0 radical (unpaired) electrons. The number of hydroxylamine groups is 2. The molecule has 38 heavy (non-hydrogen) atoms. The molecule has 1 aromatic heterocycles. The minimum absolute atomic E-state index is 0.0195. The van der Waals surface area contributed by atoms with Crippen LogP contribution in [0.5, 0.6) is 5.75 Å². The summed E-state index contributed by atoms with van der Waals surface area (Å²) in [4.78, 5) is 22.2. The van der Waals surface area contributed by atoms with Crippen LogP contribution in [0.25, 0.3) is 10.2 Å². The zero-order chi connectivity index (χ0) is 27.3. The highest BCUT2D eigenvalue weighted by Crippen LogP contribution is 2.39. The molecule has 0 bridgehead atoms. The molecule has 204 valence electrons. The van der Waals surface area contributed by atoms with Gasteiger partial charge in [-0.3, -0.25) is 4.79 Å². The van der Waals surface area contributed by atoms with Gasteiger partial charge in [-0.25, -0.2) is 4.98 Å². The van der Waals surface area contributed by atoms with Gasteiger partial charge in [0.15, 0.2) is 5.13 Å². The fourth-order valence-corrected chi connectivity index (χ4v) is 7.37. The zero-order valence-corrected chi connectivity index (χ0v) is 23.9. The van der Waals surface area contributed by atoms with E-state index in [0.29, 0.717) is 10.6 Å². The Balaban J connectivity index is 1.25. The number of benzene rings is 2. The fraction of sp³-hybridized carbons (Fsp3) is 0.481. The molecule has 11 heteroatoms. The van der Waals surface area contributed by atoms with E-state index in [1.165, 1.54) is 11.3 Å². The highest BCUT2D eigenvalue weighted by Gasteiger charge is 2.46. The van der Waals surface area contributed by atoms with Gasteiger partial charge >= 0.3 is 10.1 Å². The molecule has 3 aromatic rings. The van der Waals surface area contributed by atoms with Gasteiger partial charge in [-0.05, 0) is 89.8 Å². The van der Waals surface area contributed by atoms with E-state index in [4.69, 9.17) is 9.02 Å². The van der Waals surface area contributed by atoms with E-state index in [2.05, 4.69) is 48.4 Å². The van der Waals surface area contributed by atoms with Crippen molar-refractivity contribution in [3.05, 3.63) is 42.5 Å². The number of carbonyl (C=O) groups is 1. The number of aromatic nitrogens is 1. The number of rotatable bonds is 8. The minimum Gasteiger partial charge on any atom is -0.382 e. The maximum atomic E-state index is 13.0. The third kappa shape index (κ3) is 5.66. The van der Waals surface area contributed by atoms with Gasteiger partial charge in [-0.1, -0.05) is 11.3 Å². The predicted molar refractivity (Wildman–Crippen MR) is 149 cm³/mol.